The highest BCUT2D eigenvalue weighted by Crippen LogP contribution is 2.62. The predicted molar refractivity (Wildman–Crippen MR) is 90.4 cm³/mol. The molecule has 0 radical (unpaired) electrons. The summed E-state index contributed by atoms with van der Waals surface area (Å²) in [5.41, 5.74) is 3.66. The van der Waals surface area contributed by atoms with Gasteiger partial charge in [-0.3, -0.25) is 0 Å². The van der Waals surface area contributed by atoms with E-state index in [1.54, 1.807) is 18.2 Å². The molecule has 5 atom stereocenters. The third-order valence-electron chi connectivity index (χ3n) is 6.88. The van der Waals surface area contributed by atoms with Gasteiger partial charge in [-0.05, 0) is 85.0 Å². The predicted octanol–water partition coefficient (Wildman–Crippen LogP) is 4.85. The van der Waals surface area contributed by atoms with E-state index in [4.69, 9.17) is 17.4 Å². The lowest BCUT2D eigenvalue weighted by molar-refractivity contribution is 0.0633. The van der Waals surface area contributed by atoms with E-state index in [1.807, 2.05) is 0 Å². The molecule has 21 heavy (non-hydrogen) atoms. The molecule has 4 rings (SSSR count). The Kier molecular flexibility index (Phi) is 3.29. The molecule has 0 aliphatic heterocycles. The lowest BCUT2D eigenvalue weighted by Crippen LogP contribution is -2.42. The molecule has 3 aliphatic rings. The van der Waals surface area contributed by atoms with E-state index in [0.29, 0.717) is 10.7 Å². The zero-order chi connectivity index (χ0) is 14.6. The smallest absolute Gasteiger partial charge is 0.119 e. The molecule has 0 bridgehead atoms. The van der Waals surface area contributed by atoms with Crippen LogP contribution in [0.25, 0.3) is 0 Å². The molecule has 0 spiro atoms. The van der Waals surface area contributed by atoms with Gasteiger partial charge in [0.2, 0.25) is 0 Å². The fraction of sp³-hybridized carbons (Fsp3) is 0.684. The van der Waals surface area contributed by atoms with Gasteiger partial charge in [-0.15, -0.1) is 0 Å². The number of hydrogen-bond acceptors (Lipinski definition) is 2. The van der Waals surface area contributed by atoms with Gasteiger partial charge in [0.15, 0.2) is 0 Å². The van der Waals surface area contributed by atoms with E-state index in [1.165, 1.54) is 38.5 Å². The Labute approximate surface area is 133 Å². The van der Waals surface area contributed by atoms with E-state index >= 15 is 0 Å². The van der Waals surface area contributed by atoms with Crippen molar-refractivity contribution >= 4 is 12.6 Å². The number of ether oxygens (including phenoxy) is 1. The van der Waals surface area contributed by atoms with E-state index in [2.05, 4.69) is 25.1 Å². The van der Waals surface area contributed by atoms with E-state index in [0.717, 1.165) is 23.5 Å². The maximum absolute atomic E-state index is 5.41. The minimum absolute atomic E-state index is 0.494. The third kappa shape index (κ3) is 1.98. The van der Waals surface area contributed by atoms with Gasteiger partial charge in [-0.1, -0.05) is 13.0 Å². The van der Waals surface area contributed by atoms with Crippen LogP contribution in [-0.4, -0.2) is 12.4 Å². The van der Waals surface area contributed by atoms with Crippen LogP contribution in [0.4, 0.5) is 0 Å². The monoisotopic (exact) mass is 302 g/mol. The van der Waals surface area contributed by atoms with Crippen LogP contribution >= 0.6 is 12.6 Å². The van der Waals surface area contributed by atoms with Gasteiger partial charge in [-0.2, -0.15) is 12.6 Å². The lowest BCUT2D eigenvalue weighted by atomic mass is 9.56. The van der Waals surface area contributed by atoms with Gasteiger partial charge < -0.3 is 4.74 Å². The van der Waals surface area contributed by atoms with Gasteiger partial charge in [0.05, 0.1) is 7.11 Å². The first-order chi connectivity index (χ1) is 10.1. The van der Waals surface area contributed by atoms with Gasteiger partial charge >= 0.3 is 0 Å². The van der Waals surface area contributed by atoms with Crippen molar-refractivity contribution in [1.82, 2.24) is 0 Å². The highest BCUT2D eigenvalue weighted by molar-refractivity contribution is 7.81. The van der Waals surface area contributed by atoms with Crippen molar-refractivity contribution in [2.75, 3.05) is 7.11 Å². The maximum atomic E-state index is 5.41. The summed E-state index contributed by atoms with van der Waals surface area (Å²) < 4.78 is 5.41. The highest BCUT2D eigenvalue weighted by Gasteiger charge is 2.53. The number of hydrogen-bond donors (Lipinski definition) is 1. The number of methoxy groups -OCH3 is 1. The van der Waals surface area contributed by atoms with E-state index in [9.17, 15) is 0 Å². The third-order valence-corrected chi connectivity index (χ3v) is 7.73. The molecule has 0 N–H and O–H groups in total. The summed E-state index contributed by atoms with van der Waals surface area (Å²) in [5.74, 6) is 3.59. The van der Waals surface area contributed by atoms with Gasteiger partial charge in [0.25, 0.3) is 0 Å². The fourth-order valence-corrected chi connectivity index (χ4v) is 6.13. The Hall–Kier alpha value is -0.630. The first kappa shape index (κ1) is 14.0. The number of rotatable bonds is 1. The lowest BCUT2D eigenvalue weighted by Gasteiger charge is -2.50. The van der Waals surface area contributed by atoms with Gasteiger partial charge in [-0.25, -0.2) is 0 Å². The molecule has 0 aromatic heterocycles. The summed E-state index contributed by atoms with van der Waals surface area (Å²) in [7, 11) is 1.77. The first-order valence-electron chi connectivity index (χ1n) is 8.48. The van der Waals surface area contributed by atoms with Crippen molar-refractivity contribution in [3.8, 4) is 5.75 Å². The number of fused-ring (bicyclic) bond motifs is 5. The summed E-state index contributed by atoms with van der Waals surface area (Å²) in [6.07, 6.45) is 8.04. The molecule has 2 saturated carbocycles. The normalized spacial score (nSPS) is 41.1. The maximum Gasteiger partial charge on any atom is 0.119 e. The molecule has 3 aliphatic carbocycles. The van der Waals surface area contributed by atoms with Crippen LogP contribution in [0.2, 0.25) is 0 Å². The molecule has 114 valence electrons. The molecule has 2 heteroatoms. The number of aryl methyl sites for hydroxylation is 1. The van der Waals surface area contributed by atoms with Crippen molar-refractivity contribution in [3.63, 3.8) is 0 Å². The zero-order valence-corrected chi connectivity index (χ0v) is 14.0. The van der Waals surface area contributed by atoms with Gasteiger partial charge in [0.1, 0.15) is 5.75 Å². The summed E-state index contributed by atoms with van der Waals surface area (Å²) in [4.78, 5) is 0. The van der Waals surface area contributed by atoms with E-state index in [-0.39, 0.29) is 0 Å². The van der Waals surface area contributed by atoms with Gasteiger partial charge in [0, 0.05) is 5.25 Å². The first-order valence-corrected chi connectivity index (χ1v) is 9.00. The summed E-state index contributed by atoms with van der Waals surface area (Å²) >= 11 is 4.92. The Bertz CT molecular complexity index is 554. The highest BCUT2D eigenvalue weighted by atomic mass is 32.1. The number of benzene rings is 1. The molecule has 1 aromatic carbocycles. The minimum Gasteiger partial charge on any atom is -0.497 e. The molecule has 0 saturated heterocycles. The molecular formula is C19H26OS. The van der Waals surface area contributed by atoms with Crippen LogP contribution in [0.5, 0.6) is 5.75 Å². The zero-order valence-electron chi connectivity index (χ0n) is 13.1. The molecular weight excluding hydrogens is 276 g/mol. The summed E-state index contributed by atoms with van der Waals surface area (Å²) in [5, 5.41) is 0.626. The molecule has 1 aromatic rings. The topological polar surface area (TPSA) is 9.23 Å². The van der Waals surface area contributed by atoms with Crippen molar-refractivity contribution in [2.24, 2.45) is 17.3 Å². The fourth-order valence-electron chi connectivity index (χ4n) is 5.66. The average molecular weight is 302 g/mol. The second-order valence-corrected chi connectivity index (χ2v) is 8.24. The second-order valence-electron chi connectivity index (χ2n) is 7.62. The van der Waals surface area contributed by atoms with Crippen LogP contribution in [0.15, 0.2) is 18.2 Å². The van der Waals surface area contributed by atoms with Crippen LogP contribution < -0.4 is 4.74 Å². The molecule has 1 nitrogen and oxygen atoms in total. The van der Waals surface area contributed by atoms with Crippen LogP contribution in [0.3, 0.4) is 0 Å². The standard InChI is InChI=1S/C19H26OS/c1-19-10-9-15-14-6-4-13(20-2)11-12(14)3-5-16(15)17(19)7-8-18(19)21/h4,6,11,15-18,21H,3,5,7-10H2,1-2H3/t15-,16-,17-,18-,19-/m0/s1. The summed E-state index contributed by atoms with van der Waals surface area (Å²) in [6, 6.07) is 6.78. The average Bonchev–Trinajstić information content (AvgIpc) is 2.82. The second kappa shape index (κ2) is 4.94. The molecule has 2 fully saturated rings. The minimum atomic E-state index is 0.494. The van der Waals surface area contributed by atoms with Crippen LogP contribution in [0.1, 0.15) is 56.1 Å². The summed E-state index contributed by atoms with van der Waals surface area (Å²) in [6.45, 7) is 2.52. The Morgan fingerprint density at radius 3 is 2.86 bits per heavy atom. The van der Waals surface area contributed by atoms with Crippen molar-refractivity contribution < 1.29 is 4.74 Å². The Morgan fingerprint density at radius 1 is 1.19 bits per heavy atom. The van der Waals surface area contributed by atoms with Crippen LogP contribution in [0, 0.1) is 17.3 Å². The SMILES string of the molecule is COc1ccc2c(c1)CC[C@H]1[C@H]2CC[C@]2(C)[C@@H](S)CC[C@@H]12. The van der Waals surface area contributed by atoms with Crippen molar-refractivity contribution in [2.45, 2.75) is 56.6 Å². The largest absolute Gasteiger partial charge is 0.497 e. The Morgan fingerprint density at radius 2 is 2.05 bits per heavy atom. The quantitative estimate of drug-likeness (QED) is 0.730. The van der Waals surface area contributed by atoms with Crippen molar-refractivity contribution in [3.05, 3.63) is 29.3 Å². The molecule has 0 heterocycles. The van der Waals surface area contributed by atoms with E-state index < -0.39 is 0 Å². The Balaban J connectivity index is 1.68. The van der Waals surface area contributed by atoms with Crippen molar-refractivity contribution in [1.29, 1.82) is 0 Å². The van der Waals surface area contributed by atoms with Crippen LogP contribution in [-0.2, 0) is 6.42 Å². The molecule has 0 unspecified atom stereocenters. The number of thiol groups is 1. The molecule has 0 amide bonds.